The van der Waals surface area contributed by atoms with Crippen molar-refractivity contribution in [3.63, 3.8) is 0 Å². The molecule has 2 N–H and O–H groups in total. The van der Waals surface area contributed by atoms with Crippen LogP contribution in [0.3, 0.4) is 0 Å². The first-order valence-electron chi connectivity index (χ1n) is 8.73. The summed E-state index contributed by atoms with van der Waals surface area (Å²) in [5.41, 5.74) is 7.83. The van der Waals surface area contributed by atoms with Gasteiger partial charge in [0.1, 0.15) is 22.1 Å². The third kappa shape index (κ3) is 3.74. The number of amides is 1. The minimum absolute atomic E-state index is 0.0786. The number of carbonyl (C=O) groups is 2. The summed E-state index contributed by atoms with van der Waals surface area (Å²) in [4.78, 5) is 24.8. The van der Waals surface area contributed by atoms with Crippen LogP contribution in [0.5, 0.6) is 0 Å². The Labute approximate surface area is 169 Å². The SMILES string of the molecule is Cc1nn(-c2ccc(F)cc2)c2sc(C(=O)OCc3ccc(C(N)=O)cc3)cc12. The molecular formula is C21H16FN3O3S. The normalized spacial score (nSPS) is 11.0. The Balaban J connectivity index is 1.54. The summed E-state index contributed by atoms with van der Waals surface area (Å²) in [6.07, 6.45) is 0. The molecule has 0 aliphatic carbocycles. The third-order valence-corrected chi connectivity index (χ3v) is 5.52. The molecule has 1 amide bonds. The molecule has 0 aliphatic heterocycles. The Bertz CT molecular complexity index is 1210. The van der Waals surface area contributed by atoms with E-state index in [1.165, 1.54) is 23.5 Å². The lowest BCUT2D eigenvalue weighted by molar-refractivity contribution is 0.0478. The third-order valence-electron chi connectivity index (χ3n) is 4.43. The fourth-order valence-corrected chi connectivity index (χ4v) is 3.97. The van der Waals surface area contributed by atoms with Crippen molar-refractivity contribution in [3.8, 4) is 5.69 Å². The summed E-state index contributed by atoms with van der Waals surface area (Å²) in [5.74, 6) is -1.28. The molecule has 0 spiro atoms. The summed E-state index contributed by atoms with van der Waals surface area (Å²) in [6, 6.07) is 14.3. The van der Waals surface area contributed by atoms with Gasteiger partial charge in [-0.1, -0.05) is 12.1 Å². The van der Waals surface area contributed by atoms with E-state index in [4.69, 9.17) is 10.5 Å². The maximum absolute atomic E-state index is 13.2. The molecule has 0 atom stereocenters. The van der Waals surface area contributed by atoms with E-state index < -0.39 is 11.9 Å². The minimum Gasteiger partial charge on any atom is -0.457 e. The predicted molar refractivity (Wildman–Crippen MR) is 108 cm³/mol. The zero-order valence-electron chi connectivity index (χ0n) is 15.4. The molecule has 146 valence electrons. The van der Waals surface area contributed by atoms with Crippen molar-refractivity contribution in [2.75, 3.05) is 0 Å². The number of benzene rings is 2. The van der Waals surface area contributed by atoms with Crippen LogP contribution >= 0.6 is 11.3 Å². The number of fused-ring (bicyclic) bond motifs is 1. The molecule has 0 fully saturated rings. The number of hydrogen-bond donors (Lipinski definition) is 1. The highest BCUT2D eigenvalue weighted by molar-refractivity contribution is 7.20. The van der Waals surface area contributed by atoms with Crippen molar-refractivity contribution >= 4 is 33.4 Å². The largest absolute Gasteiger partial charge is 0.457 e. The number of hydrogen-bond acceptors (Lipinski definition) is 5. The van der Waals surface area contributed by atoms with Crippen LogP contribution in [0.4, 0.5) is 4.39 Å². The molecule has 4 aromatic rings. The standard InChI is InChI=1S/C21H16FN3O3S/c1-12-17-10-18(21(27)28-11-13-2-4-14(5-3-13)19(23)26)29-20(17)25(24-12)16-8-6-15(22)7-9-16/h2-10H,11H2,1H3,(H2,23,26). The van der Waals surface area contributed by atoms with E-state index in [1.807, 2.05) is 6.92 Å². The number of aryl methyl sites for hydroxylation is 1. The Hall–Kier alpha value is -3.52. The molecule has 0 radical (unpaired) electrons. The molecular weight excluding hydrogens is 393 g/mol. The number of nitrogens with two attached hydrogens (primary N) is 1. The van der Waals surface area contributed by atoms with Gasteiger partial charge in [0, 0.05) is 10.9 Å². The number of ether oxygens (including phenoxy) is 1. The van der Waals surface area contributed by atoms with Gasteiger partial charge in [0.15, 0.2) is 0 Å². The number of rotatable bonds is 5. The fraction of sp³-hybridized carbons (Fsp3) is 0.0952. The second kappa shape index (κ2) is 7.48. The number of aromatic nitrogens is 2. The van der Waals surface area contributed by atoms with Gasteiger partial charge >= 0.3 is 5.97 Å². The highest BCUT2D eigenvalue weighted by Gasteiger charge is 2.18. The molecule has 2 aromatic carbocycles. The lowest BCUT2D eigenvalue weighted by Gasteiger charge is -2.04. The first-order chi connectivity index (χ1) is 13.9. The fourth-order valence-electron chi connectivity index (χ4n) is 2.89. The molecule has 2 heterocycles. The van der Waals surface area contributed by atoms with E-state index in [0.29, 0.717) is 16.1 Å². The maximum Gasteiger partial charge on any atom is 0.348 e. The van der Waals surface area contributed by atoms with Crippen LogP contribution in [0.2, 0.25) is 0 Å². The quantitative estimate of drug-likeness (QED) is 0.505. The van der Waals surface area contributed by atoms with Gasteiger partial charge in [-0.2, -0.15) is 5.10 Å². The highest BCUT2D eigenvalue weighted by Crippen LogP contribution is 2.31. The van der Waals surface area contributed by atoms with E-state index in [-0.39, 0.29) is 12.4 Å². The van der Waals surface area contributed by atoms with Gasteiger partial charge in [-0.25, -0.2) is 13.9 Å². The second-order valence-electron chi connectivity index (χ2n) is 6.44. The van der Waals surface area contributed by atoms with Gasteiger partial charge in [-0.15, -0.1) is 11.3 Å². The van der Waals surface area contributed by atoms with Crippen LogP contribution in [-0.2, 0) is 11.3 Å². The lowest BCUT2D eigenvalue weighted by atomic mass is 10.1. The summed E-state index contributed by atoms with van der Waals surface area (Å²) >= 11 is 1.26. The van der Waals surface area contributed by atoms with Crippen molar-refractivity contribution in [2.45, 2.75) is 13.5 Å². The average molecular weight is 409 g/mol. The first-order valence-corrected chi connectivity index (χ1v) is 9.55. The molecule has 0 aliphatic rings. The topological polar surface area (TPSA) is 87.2 Å². The molecule has 29 heavy (non-hydrogen) atoms. The Kier molecular flexibility index (Phi) is 4.85. The van der Waals surface area contributed by atoms with Crippen molar-refractivity contribution in [2.24, 2.45) is 5.73 Å². The van der Waals surface area contributed by atoms with E-state index in [1.54, 1.807) is 47.1 Å². The molecule has 4 rings (SSSR count). The molecule has 2 aromatic heterocycles. The number of primary amides is 1. The summed E-state index contributed by atoms with van der Waals surface area (Å²) in [5, 5.41) is 5.33. The minimum atomic E-state index is -0.510. The number of nitrogens with zero attached hydrogens (tertiary/aromatic N) is 2. The Morgan fingerprint density at radius 2 is 1.83 bits per heavy atom. The molecule has 0 unspecified atom stereocenters. The van der Waals surface area contributed by atoms with E-state index in [2.05, 4.69) is 5.10 Å². The van der Waals surface area contributed by atoms with Crippen LogP contribution in [0.1, 0.15) is 31.3 Å². The lowest BCUT2D eigenvalue weighted by Crippen LogP contribution is -2.10. The second-order valence-corrected chi connectivity index (χ2v) is 7.47. The molecule has 8 heteroatoms. The smallest absolute Gasteiger partial charge is 0.348 e. The summed E-state index contributed by atoms with van der Waals surface area (Å²) < 4.78 is 20.3. The highest BCUT2D eigenvalue weighted by atomic mass is 32.1. The van der Waals surface area contributed by atoms with Gasteiger partial charge in [0.2, 0.25) is 5.91 Å². The number of halogens is 1. The van der Waals surface area contributed by atoms with Gasteiger partial charge in [0.05, 0.1) is 11.4 Å². The van der Waals surface area contributed by atoms with Crippen LogP contribution in [0, 0.1) is 12.7 Å². The van der Waals surface area contributed by atoms with Crippen molar-refractivity contribution in [1.29, 1.82) is 0 Å². The zero-order valence-corrected chi connectivity index (χ0v) is 16.2. The molecule has 0 saturated carbocycles. The maximum atomic E-state index is 13.2. The Morgan fingerprint density at radius 1 is 1.14 bits per heavy atom. The molecule has 0 saturated heterocycles. The van der Waals surface area contributed by atoms with Crippen molar-refractivity contribution in [3.05, 3.63) is 82.1 Å². The average Bonchev–Trinajstić information content (AvgIpc) is 3.28. The monoisotopic (exact) mass is 409 g/mol. The number of esters is 1. The molecule has 0 bridgehead atoms. The van der Waals surface area contributed by atoms with Gasteiger partial charge in [0.25, 0.3) is 0 Å². The van der Waals surface area contributed by atoms with Crippen LogP contribution in [0.15, 0.2) is 54.6 Å². The van der Waals surface area contributed by atoms with Gasteiger partial charge in [-0.3, -0.25) is 4.79 Å². The number of thiophene rings is 1. The predicted octanol–water partition coefficient (Wildman–Crippen LogP) is 3.99. The molecule has 6 nitrogen and oxygen atoms in total. The van der Waals surface area contributed by atoms with Crippen LogP contribution in [-0.4, -0.2) is 21.7 Å². The zero-order chi connectivity index (χ0) is 20.5. The van der Waals surface area contributed by atoms with Gasteiger partial charge < -0.3 is 10.5 Å². The number of carbonyl (C=O) groups excluding carboxylic acids is 2. The van der Waals surface area contributed by atoms with E-state index >= 15 is 0 Å². The first kappa shape index (κ1) is 18.8. The van der Waals surface area contributed by atoms with Crippen molar-refractivity contribution in [1.82, 2.24) is 9.78 Å². The van der Waals surface area contributed by atoms with Crippen molar-refractivity contribution < 1.29 is 18.7 Å². The van der Waals surface area contributed by atoms with Crippen LogP contribution in [0.25, 0.3) is 15.9 Å². The van der Waals surface area contributed by atoms with E-state index in [9.17, 15) is 14.0 Å². The van der Waals surface area contributed by atoms with Gasteiger partial charge in [-0.05, 0) is 55.0 Å². The summed E-state index contributed by atoms with van der Waals surface area (Å²) in [7, 11) is 0. The Morgan fingerprint density at radius 3 is 2.48 bits per heavy atom. The van der Waals surface area contributed by atoms with E-state index in [0.717, 1.165) is 21.5 Å². The van der Waals surface area contributed by atoms with Crippen LogP contribution < -0.4 is 5.73 Å². The summed E-state index contributed by atoms with van der Waals surface area (Å²) in [6.45, 7) is 1.93.